The van der Waals surface area contributed by atoms with Crippen LogP contribution in [-0.2, 0) is 6.42 Å². The van der Waals surface area contributed by atoms with Crippen molar-refractivity contribution in [1.29, 1.82) is 0 Å². The third kappa shape index (κ3) is 2.34. The van der Waals surface area contributed by atoms with Crippen molar-refractivity contribution in [2.75, 3.05) is 0 Å². The van der Waals surface area contributed by atoms with Gasteiger partial charge in [-0.15, -0.1) is 0 Å². The quantitative estimate of drug-likeness (QED) is 0.826. The van der Waals surface area contributed by atoms with Crippen molar-refractivity contribution in [2.24, 2.45) is 5.73 Å². The minimum Gasteiger partial charge on any atom is -0.327 e. The maximum absolute atomic E-state index is 5.91. The first-order valence-corrected chi connectivity index (χ1v) is 5.39. The summed E-state index contributed by atoms with van der Waals surface area (Å²) in [7, 11) is 0. The number of hydrogen-bond donors (Lipinski definition) is 1. The van der Waals surface area contributed by atoms with Crippen molar-refractivity contribution in [3.8, 4) is 0 Å². The molecule has 0 spiro atoms. The largest absolute Gasteiger partial charge is 0.327 e. The summed E-state index contributed by atoms with van der Waals surface area (Å²) in [5, 5.41) is 2.43. The van der Waals surface area contributed by atoms with Gasteiger partial charge >= 0.3 is 0 Å². The van der Waals surface area contributed by atoms with E-state index in [-0.39, 0.29) is 6.04 Å². The van der Waals surface area contributed by atoms with Gasteiger partial charge in [0.05, 0.1) is 0 Å². The molecule has 1 aromatic heterocycles. The second kappa shape index (κ2) is 4.41. The molecular formula is C13H16N2. The smallest absolute Gasteiger partial charge is 0.0425 e. The Hall–Kier alpha value is -1.41. The van der Waals surface area contributed by atoms with Crippen LogP contribution in [0.15, 0.2) is 36.5 Å². The molecule has 0 aliphatic carbocycles. The molecule has 2 heteroatoms. The fourth-order valence-corrected chi connectivity index (χ4v) is 1.65. The molecule has 1 heterocycles. The van der Waals surface area contributed by atoms with Crippen molar-refractivity contribution in [3.63, 3.8) is 0 Å². The third-order valence-corrected chi connectivity index (χ3v) is 2.68. The lowest BCUT2D eigenvalue weighted by atomic mass is 10.1. The molecule has 0 aliphatic heterocycles. The Labute approximate surface area is 90.1 Å². The topological polar surface area (TPSA) is 38.9 Å². The van der Waals surface area contributed by atoms with Crippen molar-refractivity contribution in [3.05, 3.63) is 42.2 Å². The lowest BCUT2D eigenvalue weighted by molar-refractivity contribution is 0.637. The molecule has 15 heavy (non-hydrogen) atoms. The predicted octanol–water partition coefficient (Wildman–Crippen LogP) is 2.51. The van der Waals surface area contributed by atoms with Gasteiger partial charge in [-0.2, -0.15) is 0 Å². The number of benzene rings is 1. The summed E-state index contributed by atoms with van der Waals surface area (Å²) in [5.41, 5.74) is 7.00. The van der Waals surface area contributed by atoms with Gasteiger partial charge in [-0.25, -0.2) is 0 Å². The van der Waals surface area contributed by atoms with E-state index >= 15 is 0 Å². The van der Waals surface area contributed by atoms with Gasteiger partial charge in [-0.1, -0.05) is 31.2 Å². The number of nitrogens with zero attached hydrogens (tertiary/aromatic N) is 1. The van der Waals surface area contributed by atoms with Crippen LogP contribution in [0.25, 0.3) is 10.8 Å². The molecule has 2 nitrogen and oxygen atoms in total. The molecule has 2 aromatic rings. The van der Waals surface area contributed by atoms with E-state index in [1.54, 1.807) is 0 Å². The Morgan fingerprint density at radius 3 is 2.73 bits per heavy atom. The van der Waals surface area contributed by atoms with Gasteiger partial charge in [0.15, 0.2) is 0 Å². The zero-order chi connectivity index (χ0) is 10.7. The number of hydrogen-bond acceptors (Lipinski definition) is 2. The highest BCUT2D eigenvalue weighted by molar-refractivity contribution is 5.81. The molecule has 0 saturated carbocycles. The van der Waals surface area contributed by atoms with E-state index in [1.165, 1.54) is 10.8 Å². The number of aromatic nitrogens is 1. The first kappa shape index (κ1) is 10.1. The van der Waals surface area contributed by atoms with Gasteiger partial charge in [0.1, 0.15) is 0 Å². The Bertz CT molecular complexity index is 451. The van der Waals surface area contributed by atoms with Crippen molar-refractivity contribution in [2.45, 2.75) is 25.8 Å². The summed E-state index contributed by atoms with van der Waals surface area (Å²) in [6, 6.07) is 10.6. The van der Waals surface area contributed by atoms with E-state index in [1.807, 2.05) is 18.3 Å². The fraction of sp³-hybridized carbons (Fsp3) is 0.308. The zero-order valence-corrected chi connectivity index (χ0v) is 8.98. The highest BCUT2D eigenvalue weighted by Gasteiger charge is 2.03. The van der Waals surface area contributed by atoms with E-state index in [0.29, 0.717) is 0 Å². The molecule has 78 valence electrons. The molecule has 1 aromatic carbocycles. The Balaban J connectivity index is 2.30. The Morgan fingerprint density at radius 2 is 2.00 bits per heavy atom. The lowest BCUT2D eigenvalue weighted by Gasteiger charge is -2.08. The highest BCUT2D eigenvalue weighted by atomic mass is 14.7. The number of nitrogens with two attached hydrogens (primary N) is 1. The van der Waals surface area contributed by atoms with E-state index < -0.39 is 0 Å². The average molecular weight is 200 g/mol. The van der Waals surface area contributed by atoms with Crippen LogP contribution in [0.5, 0.6) is 0 Å². The van der Waals surface area contributed by atoms with Crippen LogP contribution in [0.2, 0.25) is 0 Å². The van der Waals surface area contributed by atoms with Crippen LogP contribution in [0.3, 0.4) is 0 Å². The zero-order valence-electron chi connectivity index (χ0n) is 8.98. The number of fused-ring (bicyclic) bond motifs is 1. The van der Waals surface area contributed by atoms with Crippen LogP contribution in [-0.4, -0.2) is 11.0 Å². The lowest BCUT2D eigenvalue weighted by Crippen LogP contribution is -2.21. The molecule has 1 atom stereocenters. The SMILES string of the molecule is CCC(N)Cc1cc2ccccc2cn1. The number of rotatable bonds is 3. The minimum atomic E-state index is 0.221. The van der Waals surface area contributed by atoms with E-state index in [2.05, 4.69) is 30.1 Å². The molecule has 2 rings (SSSR count). The summed E-state index contributed by atoms with van der Waals surface area (Å²) in [5.74, 6) is 0. The van der Waals surface area contributed by atoms with E-state index in [0.717, 1.165) is 18.5 Å². The first-order chi connectivity index (χ1) is 7.29. The van der Waals surface area contributed by atoms with Gasteiger partial charge in [0, 0.05) is 29.7 Å². The van der Waals surface area contributed by atoms with Gasteiger partial charge in [-0.3, -0.25) is 4.98 Å². The average Bonchev–Trinajstić information content (AvgIpc) is 2.29. The Morgan fingerprint density at radius 1 is 1.27 bits per heavy atom. The maximum Gasteiger partial charge on any atom is 0.0425 e. The van der Waals surface area contributed by atoms with Crippen LogP contribution >= 0.6 is 0 Å². The predicted molar refractivity (Wildman–Crippen MR) is 63.7 cm³/mol. The molecule has 0 saturated heterocycles. The summed E-state index contributed by atoms with van der Waals surface area (Å²) in [4.78, 5) is 4.41. The molecular weight excluding hydrogens is 184 g/mol. The number of pyridine rings is 1. The first-order valence-electron chi connectivity index (χ1n) is 5.39. The molecule has 0 aliphatic rings. The summed E-state index contributed by atoms with van der Waals surface area (Å²) >= 11 is 0. The van der Waals surface area contributed by atoms with Crippen LogP contribution in [0.4, 0.5) is 0 Å². The summed E-state index contributed by atoms with van der Waals surface area (Å²) < 4.78 is 0. The normalized spacial score (nSPS) is 12.9. The Kier molecular flexibility index (Phi) is 2.97. The standard InChI is InChI=1S/C13H16N2/c1-2-12(14)8-13-7-10-5-3-4-6-11(10)9-15-13/h3-7,9,12H,2,8,14H2,1H3. The highest BCUT2D eigenvalue weighted by Crippen LogP contribution is 2.14. The van der Waals surface area contributed by atoms with E-state index in [9.17, 15) is 0 Å². The van der Waals surface area contributed by atoms with Crippen molar-refractivity contribution in [1.82, 2.24) is 4.98 Å². The fourth-order valence-electron chi connectivity index (χ4n) is 1.65. The van der Waals surface area contributed by atoms with Crippen molar-refractivity contribution < 1.29 is 0 Å². The van der Waals surface area contributed by atoms with E-state index in [4.69, 9.17) is 5.73 Å². The molecule has 0 amide bonds. The van der Waals surface area contributed by atoms with Gasteiger partial charge < -0.3 is 5.73 Å². The van der Waals surface area contributed by atoms with Crippen LogP contribution < -0.4 is 5.73 Å². The second-order valence-corrected chi connectivity index (χ2v) is 3.90. The molecule has 0 radical (unpaired) electrons. The van der Waals surface area contributed by atoms with Crippen LogP contribution in [0.1, 0.15) is 19.0 Å². The maximum atomic E-state index is 5.91. The molecule has 1 unspecified atom stereocenters. The third-order valence-electron chi connectivity index (χ3n) is 2.68. The van der Waals surface area contributed by atoms with Gasteiger partial charge in [-0.05, 0) is 17.9 Å². The van der Waals surface area contributed by atoms with Gasteiger partial charge in [0.2, 0.25) is 0 Å². The second-order valence-electron chi connectivity index (χ2n) is 3.90. The summed E-state index contributed by atoms with van der Waals surface area (Å²) in [6.07, 6.45) is 3.78. The van der Waals surface area contributed by atoms with Crippen LogP contribution in [0, 0.1) is 0 Å². The van der Waals surface area contributed by atoms with Gasteiger partial charge in [0.25, 0.3) is 0 Å². The van der Waals surface area contributed by atoms with Crippen molar-refractivity contribution >= 4 is 10.8 Å². The minimum absolute atomic E-state index is 0.221. The summed E-state index contributed by atoms with van der Waals surface area (Å²) in [6.45, 7) is 2.10. The molecule has 0 bridgehead atoms. The molecule has 2 N–H and O–H groups in total. The molecule has 0 fully saturated rings. The monoisotopic (exact) mass is 200 g/mol.